The van der Waals surface area contributed by atoms with Crippen molar-refractivity contribution >= 4 is 11.7 Å². The van der Waals surface area contributed by atoms with Crippen LogP contribution >= 0.6 is 0 Å². The fourth-order valence-electron chi connectivity index (χ4n) is 3.07. The number of alkyl halides is 3. The Balaban J connectivity index is 0.000000339. The summed E-state index contributed by atoms with van der Waals surface area (Å²) in [6.07, 6.45) is -4.34. The molecule has 1 aromatic heterocycles. The Kier molecular flexibility index (Phi) is 9.70. The standard InChI is InChI=1S/C13H15F3N4O3.C6H6.C3H8/c1-7-5-8(22-18-7)6-10(21)20-4-2-3-9(20)11-17-12(23-19-11)13(14,15)16;1-2-4-6-5-3-1;1-3-2/h5,9,12H,2-4,6H2,1H3,(H,17,19);1-6H;3H2,1-2H3. The zero-order valence-corrected chi connectivity index (χ0v) is 18.4. The van der Waals surface area contributed by atoms with E-state index in [4.69, 9.17) is 4.52 Å². The summed E-state index contributed by atoms with van der Waals surface area (Å²) in [7, 11) is 0. The molecular formula is C22H29F3N4O3. The predicted molar refractivity (Wildman–Crippen MR) is 114 cm³/mol. The Morgan fingerprint density at radius 3 is 2.25 bits per heavy atom. The maximum atomic E-state index is 12.6. The van der Waals surface area contributed by atoms with E-state index in [2.05, 4.69) is 34.3 Å². The monoisotopic (exact) mass is 454 g/mol. The van der Waals surface area contributed by atoms with Crippen LogP contribution in [-0.4, -0.2) is 46.8 Å². The van der Waals surface area contributed by atoms with E-state index >= 15 is 0 Å². The number of likely N-dealkylation sites (tertiary alicyclic amines) is 1. The van der Waals surface area contributed by atoms with Crippen LogP contribution in [0.25, 0.3) is 0 Å². The number of benzene rings is 1. The molecule has 0 aliphatic carbocycles. The summed E-state index contributed by atoms with van der Waals surface area (Å²) < 4.78 is 42.8. The smallest absolute Gasteiger partial charge is 0.361 e. The molecule has 1 amide bonds. The highest BCUT2D eigenvalue weighted by Gasteiger charge is 2.46. The van der Waals surface area contributed by atoms with Crippen molar-refractivity contribution < 1.29 is 27.3 Å². The summed E-state index contributed by atoms with van der Waals surface area (Å²) in [6.45, 7) is 6.44. The minimum Gasteiger partial charge on any atom is -0.361 e. The Labute approximate surface area is 185 Å². The number of aromatic nitrogens is 1. The topological polar surface area (TPSA) is 80.0 Å². The molecule has 7 nitrogen and oxygen atoms in total. The second-order valence-corrected chi connectivity index (χ2v) is 7.35. The van der Waals surface area contributed by atoms with Crippen LogP contribution in [0.1, 0.15) is 44.6 Å². The van der Waals surface area contributed by atoms with Gasteiger partial charge in [0.25, 0.3) is 6.23 Å². The fourth-order valence-corrected chi connectivity index (χ4v) is 3.07. The van der Waals surface area contributed by atoms with Gasteiger partial charge in [0.05, 0.1) is 18.2 Å². The van der Waals surface area contributed by atoms with E-state index in [1.807, 2.05) is 36.4 Å². The summed E-state index contributed by atoms with van der Waals surface area (Å²) >= 11 is 0. The molecule has 0 spiro atoms. The number of rotatable bonds is 3. The first kappa shape index (κ1) is 25.4. The number of carbonyl (C=O) groups is 1. The number of hydrogen-bond acceptors (Lipinski definition) is 6. The molecule has 176 valence electrons. The van der Waals surface area contributed by atoms with Gasteiger partial charge in [-0.1, -0.05) is 61.8 Å². The van der Waals surface area contributed by atoms with Crippen LogP contribution in [0.3, 0.4) is 0 Å². The number of nitrogens with zero attached hydrogens (tertiary/aromatic N) is 3. The Hall–Kier alpha value is -2.88. The van der Waals surface area contributed by atoms with E-state index in [1.165, 1.54) is 11.3 Å². The van der Waals surface area contributed by atoms with Crippen molar-refractivity contribution in [2.45, 2.75) is 64.9 Å². The molecule has 32 heavy (non-hydrogen) atoms. The van der Waals surface area contributed by atoms with Crippen LogP contribution in [0, 0.1) is 6.92 Å². The van der Waals surface area contributed by atoms with Gasteiger partial charge in [0.15, 0.2) is 0 Å². The zero-order chi connectivity index (χ0) is 23.6. The van der Waals surface area contributed by atoms with Crippen LogP contribution in [0.4, 0.5) is 13.2 Å². The van der Waals surface area contributed by atoms with E-state index in [9.17, 15) is 18.0 Å². The van der Waals surface area contributed by atoms with Gasteiger partial charge >= 0.3 is 6.18 Å². The molecule has 0 radical (unpaired) electrons. The number of hydroxylamine groups is 1. The number of amidine groups is 1. The molecule has 4 rings (SSSR count). The number of amides is 1. The molecule has 2 aromatic rings. The maximum Gasteiger partial charge on any atom is 0.437 e. The lowest BCUT2D eigenvalue weighted by Gasteiger charge is -2.23. The summed E-state index contributed by atoms with van der Waals surface area (Å²) in [5, 5.41) is 3.70. The number of aryl methyl sites for hydroxylation is 1. The molecule has 1 fully saturated rings. The van der Waals surface area contributed by atoms with E-state index < -0.39 is 18.4 Å². The summed E-state index contributed by atoms with van der Waals surface area (Å²) in [5.41, 5.74) is 2.87. The molecule has 2 aliphatic rings. The van der Waals surface area contributed by atoms with E-state index in [0.29, 0.717) is 30.8 Å². The number of nitrogens with one attached hydrogen (secondary N) is 1. The van der Waals surface area contributed by atoms with Gasteiger partial charge in [-0.2, -0.15) is 13.2 Å². The number of carbonyl (C=O) groups excluding carboxylic acids is 1. The van der Waals surface area contributed by atoms with Crippen molar-refractivity contribution in [3.63, 3.8) is 0 Å². The van der Waals surface area contributed by atoms with Crippen molar-refractivity contribution in [1.29, 1.82) is 0 Å². The van der Waals surface area contributed by atoms with Gasteiger partial charge in [-0.05, 0) is 19.8 Å². The van der Waals surface area contributed by atoms with Crippen LogP contribution in [0.2, 0.25) is 0 Å². The highest BCUT2D eigenvalue weighted by Crippen LogP contribution is 2.28. The van der Waals surface area contributed by atoms with Gasteiger partial charge in [0, 0.05) is 12.6 Å². The number of halogens is 3. The zero-order valence-electron chi connectivity index (χ0n) is 18.4. The first-order chi connectivity index (χ1) is 15.3. The first-order valence-electron chi connectivity index (χ1n) is 10.5. The lowest BCUT2D eigenvalue weighted by Crippen LogP contribution is -2.44. The van der Waals surface area contributed by atoms with Crippen molar-refractivity contribution in [3.05, 3.63) is 53.9 Å². The summed E-state index contributed by atoms with van der Waals surface area (Å²) in [6, 6.07) is 13.1. The van der Waals surface area contributed by atoms with Gasteiger partial charge in [-0.25, -0.2) is 15.3 Å². The maximum absolute atomic E-state index is 12.6. The van der Waals surface area contributed by atoms with Gasteiger partial charge in [-0.15, -0.1) is 0 Å². The van der Waals surface area contributed by atoms with E-state index in [-0.39, 0.29) is 18.2 Å². The van der Waals surface area contributed by atoms with Gasteiger partial charge in [0.2, 0.25) is 5.91 Å². The van der Waals surface area contributed by atoms with Gasteiger partial charge in [0.1, 0.15) is 11.6 Å². The lowest BCUT2D eigenvalue weighted by atomic mass is 10.2. The van der Waals surface area contributed by atoms with E-state index in [1.54, 1.807) is 13.0 Å². The van der Waals surface area contributed by atoms with Gasteiger partial charge in [-0.3, -0.25) is 4.79 Å². The summed E-state index contributed by atoms with van der Waals surface area (Å²) in [4.78, 5) is 21.8. The van der Waals surface area contributed by atoms with Crippen LogP contribution < -0.4 is 5.48 Å². The molecule has 1 N–H and O–H groups in total. The second kappa shape index (κ2) is 12.2. The third kappa shape index (κ3) is 7.67. The Bertz CT molecular complexity index is 829. The molecular weight excluding hydrogens is 425 g/mol. The molecule has 0 saturated carbocycles. The quantitative estimate of drug-likeness (QED) is 0.742. The largest absolute Gasteiger partial charge is 0.437 e. The van der Waals surface area contributed by atoms with Crippen LogP contribution in [-0.2, 0) is 16.1 Å². The van der Waals surface area contributed by atoms with E-state index in [0.717, 1.165) is 0 Å². The average molecular weight is 454 g/mol. The predicted octanol–water partition coefficient (Wildman–Crippen LogP) is 4.44. The molecule has 1 aromatic carbocycles. The molecule has 2 aliphatic heterocycles. The lowest BCUT2D eigenvalue weighted by molar-refractivity contribution is -0.220. The average Bonchev–Trinajstić information content (AvgIpc) is 3.50. The summed E-state index contributed by atoms with van der Waals surface area (Å²) in [5.74, 6) is 0.208. The normalized spacial score (nSPS) is 19.8. The highest BCUT2D eigenvalue weighted by atomic mass is 19.4. The molecule has 0 bridgehead atoms. The third-order valence-corrected chi connectivity index (χ3v) is 4.37. The van der Waals surface area contributed by atoms with Crippen molar-refractivity contribution in [2.24, 2.45) is 4.99 Å². The molecule has 3 heterocycles. The fraction of sp³-hybridized carbons (Fsp3) is 0.500. The highest BCUT2D eigenvalue weighted by molar-refractivity contribution is 5.92. The first-order valence-corrected chi connectivity index (χ1v) is 10.5. The number of hydrogen-bond donors (Lipinski definition) is 1. The number of aliphatic imine (C=N–C) groups is 1. The minimum absolute atomic E-state index is 0.00811. The molecule has 1 saturated heterocycles. The third-order valence-electron chi connectivity index (χ3n) is 4.37. The molecule has 2 unspecified atom stereocenters. The Morgan fingerprint density at radius 1 is 1.19 bits per heavy atom. The van der Waals surface area contributed by atoms with Gasteiger partial charge < -0.3 is 9.42 Å². The molecule has 2 atom stereocenters. The van der Waals surface area contributed by atoms with Crippen molar-refractivity contribution in [1.82, 2.24) is 15.5 Å². The molecule has 10 heteroatoms. The Morgan fingerprint density at radius 2 is 1.78 bits per heavy atom. The van der Waals surface area contributed by atoms with Crippen LogP contribution in [0.5, 0.6) is 0 Å². The van der Waals surface area contributed by atoms with Crippen molar-refractivity contribution in [2.75, 3.05) is 6.54 Å². The van der Waals surface area contributed by atoms with Crippen LogP contribution in [0.15, 0.2) is 52.0 Å². The SMILES string of the molecule is CCC.Cc1cc(CC(=O)N2CCCC2C2=NC(C(F)(F)F)ON2)on1.c1ccccc1. The van der Waals surface area contributed by atoms with Crippen molar-refractivity contribution in [3.8, 4) is 0 Å². The second-order valence-electron chi connectivity index (χ2n) is 7.35. The minimum atomic E-state index is -4.58.